The highest BCUT2D eigenvalue weighted by atomic mass is 32.1. The van der Waals surface area contributed by atoms with Gasteiger partial charge in [0.05, 0.1) is 27.3 Å². The normalized spacial score (nSPS) is 26.2. The van der Waals surface area contributed by atoms with Crippen LogP contribution < -0.4 is 20.7 Å². The average Bonchev–Trinajstić information content (AvgIpc) is 3.44. The van der Waals surface area contributed by atoms with Crippen molar-refractivity contribution in [3.8, 4) is 29.3 Å². The molecule has 1 saturated carbocycles. The van der Waals surface area contributed by atoms with Crippen molar-refractivity contribution in [2.45, 2.75) is 49.9 Å². The Morgan fingerprint density at radius 2 is 1.83 bits per heavy atom. The first-order valence-electron chi connectivity index (χ1n) is 15.7. The van der Waals surface area contributed by atoms with Crippen LogP contribution in [0.5, 0.6) is 6.01 Å². The summed E-state index contributed by atoms with van der Waals surface area (Å²) in [5.74, 6) is -4.32. The maximum absolute atomic E-state index is 17.0. The van der Waals surface area contributed by atoms with Crippen LogP contribution in [-0.4, -0.2) is 78.4 Å². The lowest BCUT2D eigenvalue weighted by atomic mass is 9.93. The van der Waals surface area contributed by atoms with Gasteiger partial charge in [0.15, 0.2) is 5.82 Å². The smallest absolute Gasteiger partial charge is 0.319 e. The number of alkyl halides is 3. The molecule has 0 amide bonds. The van der Waals surface area contributed by atoms with Crippen LogP contribution in [0.1, 0.15) is 36.8 Å². The third-order valence-electron chi connectivity index (χ3n) is 10.2. The first-order chi connectivity index (χ1) is 23.0. The fraction of sp³-hybridized carbons (Fsp3) is 0.455. The first-order valence-corrected chi connectivity index (χ1v) is 16.6. The Balaban J connectivity index is 1.26. The summed E-state index contributed by atoms with van der Waals surface area (Å²) in [6, 6.07) is 7.90. The molecule has 5 heterocycles. The van der Waals surface area contributed by atoms with Gasteiger partial charge in [0.1, 0.15) is 41.0 Å². The van der Waals surface area contributed by atoms with E-state index in [1.165, 1.54) is 12.1 Å². The van der Waals surface area contributed by atoms with E-state index in [1.54, 1.807) is 4.90 Å². The molecule has 48 heavy (non-hydrogen) atoms. The van der Waals surface area contributed by atoms with E-state index in [-0.39, 0.29) is 85.8 Å². The molecule has 0 spiro atoms. The third kappa shape index (κ3) is 4.90. The molecule has 3 aliphatic heterocycles. The van der Waals surface area contributed by atoms with E-state index in [4.69, 9.17) is 10.5 Å². The highest BCUT2D eigenvalue weighted by Gasteiger charge is 2.72. The number of rotatable bonds is 7. The van der Waals surface area contributed by atoms with Crippen molar-refractivity contribution >= 4 is 43.1 Å². The van der Waals surface area contributed by atoms with Crippen molar-refractivity contribution < 1.29 is 26.7 Å². The molecule has 0 radical (unpaired) electrons. The fourth-order valence-corrected chi connectivity index (χ4v) is 8.59. The molecule has 4 fully saturated rings. The van der Waals surface area contributed by atoms with Gasteiger partial charge >= 0.3 is 6.01 Å². The first kappa shape index (κ1) is 31.0. The number of nitrogens with zero attached hydrogens (tertiary/aromatic N) is 6. The Hall–Kier alpha value is -4.31. The largest absolute Gasteiger partial charge is 0.463 e. The molecule has 15 heteroatoms. The van der Waals surface area contributed by atoms with Gasteiger partial charge in [-0.1, -0.05) is 6.07 Å². The van der Waals surface area contributed by atoms with Gasteiger partial charge in [-0.05, 0) is 37.0 Å². The maximum atomic E-state index is 17.0. The number of benzene rings is 2. The van der Waals surface area contributed by atoms with E-state index in [2.05, 4.69) is 15.3 Å². The van der Waals surface area contributed by atoms with Gasteiger partial charge in [0.2, 0.25) is 0 Å². The summed E-state index contributed by atoms with van der Waals surface area (Å²) in [6.07, 6.45) is 0.657. The second-order valence-corrected chi connectivity index (χ2v) is 14.4. The zero-order chi connectivity index (χ0) is 33.5. The lowest BCUT2D eigenvalue weighted by molar-refractivity contribution is 0.0246. The van der Waals surface area contributed by atoms with E-state index in [1.807, 2.05) is 17.0 Å². The van der Waals surface area contributed by atoms with Crippen molar-refractivity contribution in [2.75, 3.05) is 50.0 Å². The number of hydrogen-bond acceptors (Lipinski definition) is 10. The van der Waals surface area contributed by atoms with E-state index >= 15 is 4.39 Å². The van der Waals surface area contributed by atoms with Crippen molar-refractivity contribution in [3.05, 3.63) is 41.0 Å². The number of fused-ring (bicyclic) bond motifs is 4. The summed E-state index contributed by atoms with van der Waals surface area (Å²) in [4.78, 5) is 12.6. The number of anilines is 2. The second kappa shape index (κ2) is 11.1. The molecule has 4 aliphatic rings. The van der Waals surface area contributed by atoms with Crippen molar-refractivity contribution in [2.24, 2.45) is 5.41 Å². The Bertz CT molecular complexity index is 2070. The van der Waals surface area contributed by atoms with Crippen LogP contribution >= 0.6 is 11.3 Å². The minimum Gasteiger partial charge on any atom is -0.463 e. The van der Waals surface area contributed by atoms with E-state index in [0.717, 1.165) is 30.2 Å². The molecule has 2 bridgehead atoms. The van der Waals surface area contributed by atoms with Gasteiger partial charge in [-0.3, -0.25) is 4.90 Å². The van der Waals surface area contributed by atoms with Gasteiger partial charge in [-0.15, -0.1) is 11.3 Å². The number of nitriles is 2. The second-order valence-electron chi connectivity index (χ2n) is 13.3. The number of thiophene rings is 1. The molecular formula is C33H29F5N8OS. The molecule has 3 N–H and O–H groups in total. The molecule has 9 nitrogen and oxygen atoms in total. The van der Waals surface area contributed by atoms with Crippen LogP contribution in [0.2, 0.25) is 0 Å². The van der Waals surface area contributed by atoms with Gasteiger partial charge in [-0.25, -0.2) is 22.0 Å². The Labute approximate surface area is 275 Å². The highest BCUT2D eigenvalue weighted by molar-refractivity contribution is 7.23. The lowest BCUT2D eigenvalue weighted by Crippen LogP contribution is -2.51. The SMILES string of the molecule is N#Cc1cc2c(N3CC4CCC(C3)N4)nc(OC[C@]3(CN4CC[C@@H](F)C4)CC3(F)F)nc2c(F)c1-c1ccc(F)c2sc(N)c(C#N)c12. The lowest BCUT2D eigenvalue weighted by Gasteiger charge is -2.34. The van der Waals surface area contributed by atoms with Crippen LogP contribution in [-0.2, 0) is 0 Å². The minimum atomic E-state index is -3.03. The molecule has 3 saturated heterocycles. The predicted octanol–water partition coefficient (Wildman–Crippen LogP) is 5.50. The number of nitrogens with one attached hydrogen (secondary N) is 1. The quantitative estimate of drug-likeness (QED) is 0.243. The van der Waals surface area contributed by atoms with Gasteiger partial charge in [0, 0.05) is 67.6 Å². The van der Waals surface area contributed by atoms with Crippen molar-refractivity contribution in [3.63, 3.8) is 0 Å². The maximum Gasteiger partial charge on any atom is 0.319 e. The molecule has 248 valence electrons. The summed E-state index contributed by atoms with van der Waals surface area (Å²) in [5, 5.41) is 24.0. The predicted molar refractivity (Wildman–Crippen MR) is 170 cm³/mol. The highest BCUT2D eigenvalue weighted by Crippen LogP contribution is 2.61. The number of likely N-dealkylation sites (tertiary alicyclic amines) is 1. The molecule has 4 aromatic rings. The summed E-state index contributed by atoms with van der Waals surface area (Å²) in [5.41, 5.74) is 3.99. The summed E-state index contributed by atoms with van der Waals surface area (Å²) in [6.45, 7) is 0.997. The van der Waals surface area contributed by atoms with Crippen molar-refractivity contribution in [1.29, 1.82) is 10.5 Å². The van der Waals surface area contributed by atoms with E-state index in [9.17, 15) is 28.1 Å². The number of aromatic nitrogens is 2. The van der Waals surface area contributed by atoms with Gasteiger partial charge in [-0.2, -0.15) is 20.5 Å². The van der Waals surface area contributed by atoms with Gasteiger partial charge < -0.3 is 20.7 Å². The Morgan fingerprint density at radius 1 is 1.08 bits per heavy atom. The third-order valence-corrected chi connectivity index (χ3v) is 11.2. The average molecular weight is 681 g/mol. The molecule has 1 aliphatic carbocycles. The minimum absolute atomic E-state index is 0.0377. The van der Waals surface area contributed by atoms with Crippen LogP contribution in [0.25, 0.3) is 32.1 Å². The monoisotopic (exact) mass is 680 g/mol. The topological polar surface area (TPSA) is 127 Å². The van der Waals surface area contributed by atoms with Gasteiger partial charge in [0.25, 0.3) is 5.92 Å². The standard InChI is InChI=1S/C33H29F5N8OS/c34-17-5-6-45(10-17)14-32(13-33(32,37)38)15-47-31-43-27-21(30(44-31)46-11-18-1-2-19(12-46)42-18)7-16(8-39)24(26(27)36)20-3-4-23(35)28-25(20)22(9-40)29(41)48-28/h3-4,7,17-19,42H,1-2,5-6,10-15,41H2/t17-,18?,19?,32-/m1/s1. The van der Waals surface area contributed by atoms with Crippen molar-refractivity contribution in [1.82, 2.24) is 20.2 Å². The summed E-state index contributed by atoms with van der Waals surface area (Å²) >= 11 is 0.849. The summed E-state index contributed by atoms with van der Waals surface area (Å²) < 4.78 is 81.3. The van der Waals surface area contributed by atoms with Crippen LogP contribution in [0.3, 0.4) is 0 Å². The number of halogens is 5. The number of ether oxygens (including phenoxy) is 1. The number of piperazine rings is 1. The Kier molecular flexibility index (Phi) is 7.18. The molecule has 2 aromatic carbocycles. The number of hydrogen-bond donors (Lipinski definition) is 2. The number of nitrogen functional groups attached to an aromatic ring is 1. The molecule has 2 aromatic heterocycles. The Morgan fingerprint density at radius 3 is 2.48 bits per heavy atom. The van der Waals surface area contributed by atoms with E-state index < -0.39 is 42.2 Å². The molecular weight excluding hydrogens is 651 g/mol. The molecule has 4 atom stereocenters. The fourth-order valence-electron chi connectivity index (χ4n) is 7.64. The van der Waals surface area contributed by atoms with E-state index in [0.29, 0.717) is 25.5 Å². The zero-order valence-corrected chi connectivity index (χ0v) is 26.3. The van der Waals surface area contributed by atoms with Crippen LogP contribution in [0.15, 0.2) is 18.2 Å². The zero-order valence-electron chi connectivity index (χ0n) is 25.5. The summed E-state index contributed by atoms with van der Waals surface area (Å²) in [7, 11) is 0. The molecule has 8 rings (SSSR count). The number of nitrogens with two attached hydrogens (primary N) is 1. The van der Waals surface area contributed by atoms with Crippen LogP contribution in [0, 0.1) is 39.7 Å². The van der Waals surface area contributed by atoms with Crippen LogP contribution in [0.4, 0.5) is 32.8 Å². The molecule has 2 unspecified atom stereocenters.